The van der Waals surface area contributed by atoms with Gasteiger partial charge < -0.3 is 19.9 Å². The van der Waals surface area contributed by atoms with Gasteiger partial charge in [-0.15, -0.1) is 0 Å². The van der Waals surface area contributed by atoms with E-state index in [-0.39, 0.29) is 12.5 Å². The highest BCUT2D eigenvalue weighted by Crippen LogP contribution is 2.44. The van der Waals surface area contributed by atoms with Crippen molar-refractivity contribution in [1.29, 1.82) is 0 Å². The zero-order valence-corrected chi connectivity index (χ0v) is 27.7. The first-order valence-electron chi connectivity index (χ1n) is 16.9. The number of hydrogen-bond acceptors (Lipinski definition) is 5. The lowest BCUT2D eigenvalue weighted by Crippen LogP contribution is -2.45. The molecule has 0 spiro atoms. The smallest absolute Gasteiger partial charge is 0.407 e. The lowest BCUT2D eigenvalue weighted by molar-refractivity contribution is -0.139. The van der Waals surface area contributed by atoms with E-state index >= 15 is 0 Å². The van der Waals surface area contributed by atoms with Crippen molar-refractivity contribution in [2.75, 3.05) is 20.3 Å². The van der Waals surface area contributed by atoms with E-state index in [0.29, 0.717) is 19.4 Å². The summed E-state index contributed by atoms with van der Waals surface area (Å²) in [6, 6.07) is 44.1. The van der Waals surface area contributed by atoms with Crippen LogP contribution in [-0.4, -0.2) is 43.5 Å². The monoisotopic (exact) mass is 654 g/mol. The third-order valence-corrected chi connectivity index (χ3v) is 9.43. The summed E-state index contributed by atoms with van der Waals surface area (Å²) in [4.78, 5) is 24.9. The standard InChI is InChI=1S/C42H42N2O5/c1-48-33-26-24-32(25-27-33)42(30-15-5-2-6-16-30,31-17-7-3-8-18-31)43-28-14-4-9-23-39(40(45)46)44-41(47)49-29-38-36-21-12-10-19-34(36)35-20-11-13-22-37(35)38/h2-3,5-8,10-13,15-22,24-27,38-39,43H,4,9,14,23,28-29H2,1H3,(H,44,47)(H,45,46)/t39-/m0/s1. The minimum Gasteiger partial charge on any atom is -0.497 e. The number of aliphatic carboxylic acids is 1. The number of carboxylic acids is 1. The van der Waals surface area contributed by atoms with Gasteiger partial charge in [0, 0.05) is 5.92 Å². The van der Waals surface area contributed by atoms with E-state index < -0.39 is 23.6 Å². The summed E-state index contributed by atoms with van der Waals surface area (Å²) in [6.07, 6.45) is 1.82. The molecule has 0 saturated carbocycles. The van der Waals surface area contributed by atoms with Crippen LogP contribution >= 0.6 is 0 Å². The predicted octanol–water partition coefficient (Wildman–Crippen LogP) is 8.13. The first kappa shape index (κ1) is 33.5. The molecule has 0 radical (unpaired) electrons. The molecular weight excluding hydrogens is 612 g/mol. The Hall–Kier alpha value is -5.40. The van der Waals surface area contributed by atoms with Crippen molar-refractivity contribution in [1.82, 2.24) is 10.6 Å². The molecule has 3 N–H and O–H groups in total. The number of carboxylic acid groups (broad SMARTS) is 1. The molecule has 0 fully saturated rings. The second-order valence-electron chi connectivity index (χ2n) is 12.3. The van der Waals surface area contributed by atoms with Crippen molar-refractivity contribution in [3.63, 3.8) is 0 Å². The van der Waals surface area contributed by atoms with E-state index in [9.17, 15) is 14.7 Å². The molecule has 5 aromatic carbocycles. The van der Waals surface area contributed by atoms with Crippen molar-refractivity contribution in [3.05, 3.63) is 161 Å². The Kier molecular flexibility index (Phi) is 10.7. The Morgan fingerprint density at radius 3 is 1.78 bits per heavy atom. The SMILES string of the molecule is COc1ccc(C(NCCCCC[C@H](NC(=O)OCC2c3ccccc3-c3ccccc32)C(=O)O)(c2ccccc2)c2ccccc2)cc1. The van der Waals surface area contributed by atoms with Gasteiger partial charge in [0.05, 0.1) is 12.6 Å². The molecule has 0 unspecified atom stereocenters. The molecule has 5 aromatic rings. The normalized spacial score (nSPS) is 12.8. The number of benzene rings is 5. The topological polar surface area (TPSA) is 96.9 Å². The van der Waals surface area contributed by atoms with Crippen LogP contribution in [0.5, 0.6) is 5.75 Å². The molecule has 49 heavy (non-hydrogen) atoms. The maximum absolute atomic E-state index is 12.8. The molecule has 250 valence electrons. The Morgan fingerprint density at radius 2 is 1.22 bits per heavy atom. The van der Waals surface area contributed by atoms with E-state index in [0.717, 1.165) is 57.5 Å². The lowest BCUT2D eigenvalue weighted by atomic mass is 9.77. The Morgan fingerprint density at radius 1 is 0.694 bits per heavy atom. The number of amides is 1. The average Bonchev–Trinajstić information content (AvgIpc) is 3.47. The maximum Gasteiger partial charge on any atom is 0.407 e. The number of carbonyl (C=O) groups excluding carboxylic acids is 1. The summed E-state index contributed by atoms with van der Waals surface area (Å²) in [5.74, 6) is -0.373. The molecule has 6 rings (SSSR count). The van der Waals surface area contributed by atoms with Crippen LogP contribution in [0.4, 0.5) is 4.79 Å². The molecule has 1 aliphatic rings. The number of carbonyl (C=O) groups is 2. The molecule has 7 nitrogen and oxygen atoms in total. The van der Waals surface area contributed by atoms with Gasteiger partial charge in [-0.25, -0.2) is 9.59 Å². The Labute approximate surface area is 287 Å². The van der Waals surface area contributed by atoms with Gasteiger partial charge in [0.15, 0.2) is 0 Å². The van der Waals surface area contributed by atoms with E-state index in [1.165, 1.54) is 0 Å². The second kappa shape index (κ2) is 15.7. The number of methoxy groups -OCH3 is 1. The zero-order chi connectivity index (χ0) is 34.1. The van der Waals surface area contributed by atoms with E-state index in [1.807, 2.05) is 72.8 Å². The molecule has 1 amide bonds. The molecular formula is C42H42N2O5. The summed E-state index contributed by atoms with van der Waals surface area (Å²) >= 11 is 0. The number of ether oxygens (including phenoxy) is 2. The largest absolute Gasteiger partial charge is 0.497 e. The summed E-state index contributed by atoms with van der Waals surface area (Å²) < 4.78 is 11.1. The minimum atomic E-state index is -1.07. The highest BCUT2D eigenvalue weighted by atomic mass is 16.5. The average molecular weight is 655 g/mol. The third-order valence-electron chi connectivity index (χ3n) is 9.43. The quantitative estimate of drug-likeness (QED) is 0.0779. The van der Waals surface area contributed by atoms with Gasteiger partial charge in [-0.3, -0.25) is 5.32 Å². The number of alkyl carbamates (subject to hydrolysis) is 1. The van der Waals surface area contributed by atoms with Crippen LogP contribution in [0.2, 0.25) is 0 Å². The Balaban J connectivity index is 1.05. The van der Waals surface area contributed by atoms with Gasteiger partial charge in [-0.1, -0.05) is 134 Å². The van der Waals surface area contributed by atoms with E-state index in [4.69, 9.17) is 9.47 Å². The van der Waals surface area contributed by atoms with Crippen LogP contribution < -0.4 is 15.4 Å². The summed E-state index contributed by atoms with van der Waals surface area (Å²) in [6.45, 7) is 0.823. The summed E-state index contributed by atoms with van der Waals surface area (Å²) in [7, 11) is 1.66. The van der Waals surface area contributed by atoms with Crippen molar-refractivity contribution >= 4 is 12.1 Å². The van der Waals surface area contributed by atoms with Gasteiger partial charge in [0.2, 0.25) is 0 Å². The van der Waals surface area contributed by atoms with E-state index in [1.54, 1.807) is 7.11 Å². The molecule has 0 heterocycles. The fraction of sp³-hybridized carbons (Fsp3) is 0.238. The minimum absolute atomic E-state index is 0.0919. The van der Waals surface area contributed by atoms with Crippen LogP contribution in [0.15, 0.2) is 133 Å². The zero-order valence-electron chi connectivity index (χ0n) is 27.7. The van der Waals surface area contributed by atoms with Crippen LogP contribution in [-0.2, 0) is 15.1 Å². The fourth-order valence-corrected chi connectivity index (χ4v) is 6.99. The van der Waals surface area contributed by atoms with Gasteiger partial charge in [-0.05, 0) is 70.5 Å². The molecule has 0 aromatic heterocycles. The molecule has 0 aliphatic heterocycles. The molecule has 0 bridgehead atoms. The van der Waals surface area contributed by atoms with Gasteiger partial charge >= 0.3 is 12.1 Å². The summed E-state index contributed by atoms with van der Waals surface area (Å²) in [5.41, 5.74) is 7.20. The first-order chi connectivity index (χ1) is 24.0. The molecule has 1 atom stereocenters. The van der Waals surface area contributed by atoms with Crippen molar-refractivity contribution in [2.45, 2.75) is 43.2 Å². The van der Waals surface area contributed by atoms with Gasteiger partial charge in [-0.2, -0.15) is 0 Å². The number of unbranched alkanes of at least 4 members (excludes halogenated alkanes) is 2. The van der Waals surface area contributed by atoms with Crippen LogP contribution in [0, 0.1) is 0 Å². The number of nitrogens with one attached hydrogen (secondary N) is 2. The molecule has 1 aliphatic carbocycles. The van der Waals surface area contributed by atoms with Crippen molar-refractivity contribution in [2.24, 2.45) is 0 Å². The first-order valence-corrected chi connectivity index (χ1v) is 16.9. The number of fused-ring (bicyclic) bond motifs is 3. The number of rotatable bonds is 15. The maximum atomic E-state index is 12.8. The summed E-state index contributed by atoms with van der Waals surface area (Å²) in [5, 5.41) is 16.4. The predicted molar refractivity (Wildman–Crippen MR) is 192 cm³/mol. The van der Waals surface area contributed by atoms with Gasteiger partial charge in [0.1, 0.15) is 18.4 Å². The number of hydrogen-bond donors (Lipinski definition) is 3. The molecule has 0 saturated heterocycles. The second-order valence-corrected chi connectivity index (χ2v) is 12.3. The Bertz CT molecular complexity index is 1760. The van der Waals surface area contributed by atoms with E-state index in [2.05, 4.69) is 71.3 Å². The van der Waals surface area contributed by atoms with Gasteiger partial charge in [0.25, 0.3) is 0 Å². The van der Waals surface area contributed by atoms with Crippen molar-refractivity contribution in [3.8, 4) is 16.9 Å². The highest BCUT2D eigenvalue weighted by Gasteiger charge is 2.36. The van der Waals surface area contributed by atoms with Crippen LogP contribution in [0.3, 0.4) is 0 Å². The third kappa shape index (κ3) is 7.37. The highest BCUT2D eigenvalue weighted by molar-refractivity contribution is 5.81. The van der Waals surface area contributed by atoms with Crippen LogP contribution in [0.25, 0.3) is 11.1 Å². The fourth-order valence-electron chi connectivity index (χ4n) is 6.99. The lowest BCUT2D eigenvalue weighted by Gasteiger charge is -2.37. The van der Waals surface area contributed by atoms with Crippen LogP contribution in [0.1, 0.15) is 59.4 Å². The molecule has 7 heteroatoms. The van der Waals surface area contributed by atoms with Crippen molar-refractivity contribution < 1.29 is 24.2 Å².